The number of hydrogen-bond donors (Lipinski definition) is 1. The molecule has 134 valence electrons. The highest BCUT2D eigenvalue weighted by atomic mass is 35.5. The number of nitrogens with zero attached hydrogens (tertiary/aromatic N) is 2. The van der Waals surface area contributed by atoms with Crippen LogP contribution in [0.1, 0.15) is 19.3 Å². The van der Waals surface area contributed by atoms with Gasteiger partial charge in [-0.05, 0) is 43.4 Å². The van der Waals surface area contributed by atoms with Crippen molar-refractivity contribution in [1.29, 1.82) is 0 Å². The summed E-state index contributed by atoms with van der Waals surface area (Å²) >= 11 is 5.94. The molecule has 1 fully saturated rings. The van der Waals surface area contributed by atoms with E-state index in [2.05, 4.69) is 22.3 Å². The van der Waals surface area contributed by atoms with Gasteiger partial charge in [-0.15, -0.1) is 0 Å². The lowest BCUT2D eigenvalue weighted by Crippen LogP contribution is -2.41. The molecule has 1 aromatic rings. The van der Waals surface area contributed by atoms with Crippen LogP contribution in [0.5, 0.6) is 5.75 Å². The van der Waals surface area contributed by atoms with Gasteiger partial charge >= 0.3 is 0 Å². The number of hydrogen-bond acceptors (Lipinski definition) is 3. The Hall–Kier alpha value is -1.46. The topological polar surface area (TPSA) is 46.1 Å². The van der Waals surface area contributed by atoms with E-state index in [4.69, 9.17) is 21.1 Å². The number of benzene rings is 1. The second-order valence-electron chi connectivity index (χ2n) is 6.05. The Morgan fingerprint density at radius 3 is 2.92 bits per heavy atom. The lowest BCUT2D eigenvalue weighted by atomic mass is 9.96. The summed E-state index contributed by atoms with van der Waals surface area (Å²) in [5.74, 6) is 2.45. The molecule has 0 aliphatic carbocycles. The summed E-state index contributed by atoms with van der Waals surface area (Å²) in [5.41, 5.74) is 0. The Labute approximate surface area is 150 Å². The molecule has 6 heteroatoms. The Morgan fingerprint density at radius 1 is 1.42 bits per heavy atom. The fourth-order valence-electron chi connectivity index (χ4n) is 2.79. The van der Waals surface area contributed by atoms with E-state index >= 15 is 0 Å². The van der Waals surface area contributed by atoms with Crippen molar-refractivity contribution in [2.24, 2.45) is 10.9 Å². The summed E-state index contributed by atoms with van der Waals surface area (Å²) < 4.78 is 11.1. The highest BCUT2D eigenvalue weighted by Crippen LogP contribution is 2.18. The maximum atomic E-state index is 5.94. The summed E-state index contributed by atoms with van der Waals surface area (Å²) in [5, 5.41) is 4.02. The third kappa shape index (κ3) is 6.57. The highest BCUT2D eigenvalue weighted by molar-refractivity contribution is 6.30. The van der Waals surface area contributed by atoms with Crippen molar-refractivity contribution < 1.29 is 9.47 Å². The molecule has 1 saturated heterocycles. The monoisotopic (exact) mass is 353 g/mol. The van der Waals surface area contributed by atoms with Crippen LogP contribution in [-0.4, -0.2) is 57.9 Å². The minimum absolute atomic E-state index is 0.563. The van der Waals surface area contributed by atoms with Crippen molar-refractivity contribution in [2.45, 2.75) is 19.3 Å². The van der Waals surface area contributed by atoms with Gasteiger partial charge < -0.3 is 19.7 Å². The second kappa shape index (κ2) is 10.4. The molecule has 2 rings (SSSR count). The number of guanidine groups is 1. The van der Waals surface area contributed by atoms with Crippen LogP contribution in [-0.2, 0) is 4.74 Å². The van der Waals surface area contributed by atoms with Crippen molar-refractivity contribution in [3.63, 3.8) is 0 Å². The van der Waals surface area contributed by atoms with Crippen LogP contribution in [0.15, 0.2) is 29.3 Å². The van der Waals surface area contributed by atoms with Crippen molar-refractivity contribution in [1.82, 2.24) is 10.2 Å². The van der Waals surface area contributed by atoms with Crippen LogP contribution in [0.3, 0.4) is 0 Å². The zero-order chi connectivity index (χ0) is 17.2. The second-order valence-corrected chi connectivity index (χ2v) is 6.48. The largest absolute Gasteiger partial charge is 0.492 e. The van der Waals surface area contributed by atoms with E-state index in [0.29, 0.717) is 18.2 Å². The summed E-state index contributed by atoms with van der Waals surface area (Å²) in [4.78, 5) is 6.52. The summed E-state index contributed by atoms with van der Waals surface area (Å²) in [7, 11) is 3.89. The quantitative estimate of drug-likeness (QED) is 0.465. The van der Waals surface area contributed by atoms with Crippen LogP contribution in [0.25, 0.3) is 0 Å². The van der Waals surface area contributed by atoms with Crippen LogP contribution in [0, 0.1) is 5.92 Å². The predicted molar refractivity (Wildman–Crippen MR) is 99.1 cm³/mol. The molecule has 0 bridgehead atoms. The van der Waals surface area contributed by atoms with Crippen LogP contribution >= 0.6 is 11.6 Å². The first-order valence-corrected chi connectivity index (χ1v) is 8.94. The lowest BCUT2D eigenvalue weighted by Gasteiger charge is -2.26. The van der Waals surface area contributed by atoms with Crippen LogP contribution in [0.2, 0.25) is 5.02 Å². The average molecular weight is 354 g/mol. The molecule has 0 spiro atoms. The Bertz CT molecular complexity index is 519. The Balaban J connectivity index is 1.65. The van der Waals surface area contributed by atoms with Gasteiger partial charge in [0, 0.05) is 38.9 Å². The van der Waals surface area contributed by atoms with Gasteiger partial charge in [0.05, 0.1) is 6.54 Å². The molecule has 24 heavy (non-hydrogen) atoms. The molecule has 5 nitrogen and oxygen atoms in total. The molecule has 0 aromatic heterocycles. The molecule has 1 heterocycles. The maximum Gasteiger partial charge on any atom is 0.193 e. The van der Waals surface area contributed by atoms with Gasteiger partial charge in [-0.2, -0.15) is 0 Å². The predicted octanol–water partition coefficient (Wildman–Crippen LogP) is 3.04. The average Bonchev–Trinajstić information content (AvgIpc) is 2.61. The summed E-state index contributed by atoms with van der Waals surface area (Å²) in [6, 6.07) is 7.44. The van der Waals surface area contributed by atoms with Crippen molar-refractivity contribution in [2.75, 3.05) is 47.0 Å². The minimum Gasteiger partial charge on any atom is -0.492 e. The van der Waals surface area contributed by atoms with Gasteiger partial charge in [0.25, 0.3) is 0 Å². The molecule has 1 aliphatic rings. The van der Waals surface area contributed by atoms with Crippen LogP contribution < -0.4 is 10.1 Å². The smallest absolute Gasteiger partial charge is 0.193 e. The number of aliphatic imine (C=N–C) groups is 1. The van der Waals surface area contributed by atoms with E-state index in [1.165, 1.54) is 19.3 Å². The van der Waals surface area contributed by atoms with E-state index < -0.39 is 0 Å². The van der Waals surface area contributed by atoms with Crippen molar-refractivity contribution in [3.8, 4) is 5.75 Å². The van der Waals surface area contributed by atoms with Gasteiger partial charge in [-0.3, -0.25) is 4.99 Å². The molecule has 0 amide bonds. The molecule has 0 atom stereocenters. The number of ether oxygens (including phenoxy) is 2. The first kappa shape index (κ1) is 18.9. The van der Waals surface area contributed by atoms with E-state index in [0.717, 1.165) is 37.4 Å². The summed E-state index contributed by atoms with van der Waals surface area (Å²) in [6.45, 7) is 4.07. The van der Waals surface area contributed by atoms with E-state index in [1.54, 1.807) is 0 Å². The number of halogens is 1. The van der Waals surface area contributed by atoms with E-state index in [9.17, 15) is 0 Å². The fourth-order valence-corrected chi connectivity index (χ4v) is 2.97. The molecule has 1 N–H and O–H groups in total. The van der Waals surface area contributed by atoms with Gasteiger partial charge in [-0.1, -0.05) is 17.7 Å². The molecule has 0 saturated carbocycles. The van der Waals surface area contributed by atoms with Gasteiger partial charge in [0.15, 0.2) is 5.96 Å². The zero-order valence-electron chi connectivity index (χ0n) is 14.6. The number of nitrogens with one attached hydrogen (secondary N) is 1. The van der Waals surface area contributed by atoms with Crippen molar-refractivity contribution in [3.05, 3.63) is 29.3 Å². The first-order chi connectivity index (χ1) is 11.7. The standard InChI is InChI=1S/C18H28ClN3O2/c1-20-18(22(2)10-6-15-7-11-23-12-8-15)21-9-13-24-17-5-3-4-16(19)14-17/h3-5,14-15H,6-13H2,1-2H3,(H,20,21). The SMILES string of the molecule is CN=C(NCCOc1cccc(Cl)c1)N(C)CCC1CCOCC1. The molecule has 1 aromatic carbocycles. The lowest BCUT2D eigenvalue weighted by molar-refractivity contribution is 0.0625. The van der Waals surface area contributed by atoms with Crippen LogP contribution in [0.4, 0.5) is 0 Å². The fraction of sp³-hybridized carbons (Fsp3) is 0.611. The third-order valence-electron chi connectivity index (χ3n) is 4.24. The van der Waals surface area contributed by atoms with Gasteiger partial charge in [0.2, 0.25) is 0 Å². The normalized spacial score (nSPS) is 16.0. The van der Waals surface area contributed by atoms with Gasteiger partial charge in [-0.25, -0.2) is 0 Å². The molecular weight excluding hydrogens is 326 g/mol. The molecule has 1 aliphatic heterocycles. The minimum atomic E-state index is 0.563. The highest BCUT2D eigenvalue weighted by Gasteiger charge is 2.15. The van der Waals surface area contributed by atoms with Crippen molar-refractivity contribution >= 4 is 17.6 Å². The number of rotatable bonds is 7. The Morgan fingerprint density at radius 2 is 2.21 bits per heavy atom. The molecular formula is C18H28ClN3O2. The summed E-state index contributed by atoms with van der Waals surface area (Å²) in [6.07, 6.45) is 3.53. The molecule has 0 radical (unpaired) electrons. The zero-order valence-corrected chi connectivity index (χ0v) is 15.4. The van der Waals surface area contributed by atoms with E-state index in [1.807, 2.05) is 31.3 Å². The third-order valence-corrected chi connectivity index (χ3v) is 4.47. The Kier molecular flexibility index (Phi) is 8.19. The first-order valence-electron chi connectivity index (χ1n) is 8.57. The maximum absolute atomic E-state index is 5.94. The van der Waals surface area contributed by atoms with E-state index in [-0.39, 0.29) is 0 Å². The molecule has 0 unspecified atom stereocenters. The van der Waals surface area contributed by atoms with Gasteiger partial charge in [0.1, 0.15) is 12.4 Å².